The highest BCUT2D eigenvalue weighted by Gasteiger charge is 2.38. The largest absolute Gasteiger partial charge is 0.150 e. The van der Waals surface area contributed by atoms with Crippen LogP contribution in [0.2, 0.25) is 37.6 Å². The normalized spacial score (nSPS) is 26.1. The van der Waals surface area contributed by atoms with Gasteiger partial charge in [-0.25, -0.2) is 0 Å². The van der Waals surface area contributed by atoms with Crippen LogP contribution in [0.25, 0.3) is 5.20 Å². The zero-order valence-corrected chi connectivity index (χ0v) is 15.6. The summed E-state index contributed by atoms with van der Waals surface area (Å²) in [5.41, 5.74) is 1.47. The predicted molar refractivity (Wildman–Crippen MR) is 104 cm³/mol. The summed E-state index contributed by atoms with van der Waals surface area (Å²) in [5.74, 6) is 2.06. The molecule has 0 radical (unpaired) electrons. The van der Waals surface area contributed by atoms with Gasteiger partial charge in [-0.15, -0.1) is 0 Å². The quantitative estimate of drug-likeness (QED) is 0.553. The van der Waals surface area contributed by atoms with Gasteiger partial charge in [0.2, 0.25) is 0 Å². The Balaban J connectivity index is 1.81. The molecule has 2 fully saturated rings. The highest BCUT2D eigenvalue weighted by molar-refractivity contribution is 6.93. The predicted octanol–water partition coefficient (Wildman–Crippen LogP) is 6.55. The van der Waals surface area contributed by atoms with E-state index >= 15 is 0 Å². The summed E-state index contributed by atoms with van der Waals surface area (Å²) < 4.78 is 0. The molecule has 0 nitrogen and oxygen atoms in total. The van der Waals surface area contributed by atoms with Gasteiger partial charge in [0.15, 0.2) is 0 Å². The van der Waals surface area contributed by atoms with Gasteiger partial charge >= 0.3 is 0 Å². The third kappa shape index (κ3) is 3.59. The summed E-state index contributed by atoms with van der Waals surface area (Å²) in [6.07, 6.45) is 13.0. The van der Waals surface area contributed by atoms with Gasteiger partial charge in [-0.1, -0.05) is 118 Å². The molecular formula is C20H31BSi. The average Bonchev–Trinajstić information content (AvgIpc) is 2.47. The number of hydrogen-bond acceptors (Lipinski definition) is 0. The fraction of sp³-hybridized carbons (Fsp3) is 0.600. The molecule has 3 rings (SSSR count). The highest BCUT2D eigenvalue weighted by Crippen LogP contribution is 2.48. The standard InChI is InChI=1S/C20H31BSi/c1-22(2,3)20(17-9-5-4-6-10-17)15-16-21-18-11-7-12-19(21)14-8-13-18/h4-6,9-10,15,18-19H,7-8,11-14,16H2,1-3H3/b20-15+. The van der Waals surface area contributed by atoms with Crippen LogP contribution in [0.1, 0.15) is 44.1 Å². The number of hydrogen-bond donors (Lipinski definition) is 0. The minimum atomic E-state index is -1.29. The Morgan fingerprint density at radius 2 is 1.55 bits per heavy atom. The van der Waals surface area contributed by atoms with E-state index in [-0.39, 0.29) is 0 Å². The van der Waals surface area contributed by atoms with E-state index in [2.05, 4.69) is 56.0 Å². The fourth-order valence-corrected chi connectivity index (χ4v) is 6.69. The molecule has 2 aliphatic heterocycles. The molecule has 2 aliphatic rings. The number of allylic oxidation sites excluding steroid dienone is 1. The Bertz CT molecular complexity index is 492. The number of rotatable bonds is 4. The average molecular weight is 310 g/mol. The van der Waals surface area contributed by atoms with Crippen LogP contribution in [0.15, 0.2) is 36.4 Å². The van der Waals surface area contributed by atoms with Crippen LogP contribution in [0, 0.1) is 0 Å². The zero-order chi connectivity index (χ0) is 15.6. The molecule has 0 N–H and O–H groups in total. The fourth-order valence-electron chi connectivity index (χ4n) is 4.93. The lowest BCUT2D eigenvalue weighted by Crippen LogP contribution is -2.34. The Kier molecular flexibility index (Phi) is 4.97. The summed E-state index contributed by atoms with van der Waals surface area (Å²) in [6, 6.07) is 11.1. The second kappa shape index (κ2) is 6.78. The number of benzene rings is 1. The molecule has 0 unspecified atom stereocenters. The summed E-state index contributed by atoms with van der Waals surface area (Å²) in [7, 11) is -1.29. The molecule has 1 aromatic rings. The van der Waals surface area contributed by atoms with Crippen molar-refractivity contribution in [2.24, 2.45) is 0 Å². The molecule has 22 heavy (non-hydrogen) atoms. The van der Waals surface area contributed by atoms with Gasteiger partial charge in [0.05, 0.1) is 8.07 Å². The monoisotopic (exact) mass is 310 g/mol. The first-order valence-corrected chi connectivity index (χ1v) is 12.8. The third-order valence-electron chi connectivity index (χ3n) is 6.00. The van der Waals surface area contributed by atoms with Crippen molar-refractivity contribution in [3.05, 3.63) is 42.0 Å². The molecule has 0 aromatic heterocycles. The van der Waals surface area contributed by atoms with E-state index in [9.17, 15) is 0 Å². The zero-order valence-electron chi connectivity index (χ0n) is 14.6. The van der Waals surface area contributed by atoms with Crippen molar-refractivity contribution in [2.75, 3.05) is 0 Å². The molecule has 1 aromatic carbocycles. The molecule has 0 spiro atoms. The summed E-state index contributed by atoms with van der Waals surface area (Å²) in [5, 5.41) is 1.68. The topological polar surface area (TPSA) is 0 Å². The molecule has 0 amide bonds. The van der Waals surface area contributed by atoms with E-state index in [1.807, 2.05) is 0 Å². The minimum Gasteiger partial charge on any atom is -0.0919 e. The maximum atomic E-state index is 2.66. The van der Waals surface area contributed by atoms with E-state index < -0.39 is 8.07 Å². The maximum absolute atomic E-state index is 2.66. The highest BCUT2D eigenvalue weighted by atomic mass is 28.3. The van der Waals surface area contributed by atoms with Gasteiger partial charge in [0.1, 0.15) is 6.71 Å². The summed E-state index contributed by atoms with van der Waals surface area (Å²) in [6.45, 7) is 8.46. The Hall–Kier alpha value is -0.758. The Morgan fingerprint density at radius 3 is 2.05 bits per heavy atom. The van der Waals surface area contributed by atoms with E-state index in [1.165, 1.54) is 50.4 Å². The SMILES string of the molecule is C[Si](C)(C)/C(=C/CB1C2CCCC1CCC2)c1ccccc1. The molecule has 2 saturated heterocycles. The molecule has 118 valence electrons. The van der Waals surface area contributed by atoms with Crippen molar-refractivity contribution in [3.63, 3.8) is 0 Å². The Morgan fingerprint density at radius 1 is 1.00 bits per heavy atom. The van der Waals surface area contributed by atoms with Crippen LogP contribution in [-0.2, 0) is 0 Å². The lowest BCUT2D eigenvalue weighted by Gasteiger charge is -2.40. The first kappa shape index (κ1) is 16.1. The summed E-state index contributed by atoms with van der Waals surface area (Å²) in [4.78, 5) is 0. The lowest BCUT2D eigenvalue weighted by molar-refractivity contribution is 0.443. The molecule has 2 bridgehead atoms. The van der Waals surface area contributed by atoms with Gasteiger partial charge in [0, 0.05) is 0 Å². The van der Waals surface area contributed by atoms with E-state index in [1.54, 1.807) is 5.20 Å². The molecule has 0 saturated carbocycles. The van der Waals surface area contributed by atoms with Crippen LogP contribution in [-0.4, -0.2) is 14.8 Å². The first-order valence-electron chi connectivity index (χ1n) is 9.32. The van der Waals surface area contributed by atoms with Gasteiger partial charge < -0.3 is 0 Å². The van der Waals surface area contributed by atoms with Gasteiger partial charge in [-0.3, -0.25) is 0 Å². The molecular weight excluding hydrogens is 279 g/mol. The van der Waals surface area contributed by atoms with Crippen molar-refractivity contribution < 1.29 is 0 Å². The molecule has 2 heteroatoms. The first-order chi connectivity index (χ1) is 10.6. The third-order valence-corrected chi connectivity index (χ3v) is 8.11. The molecule has 0 aliphatic carbocycles. The number of fused-ring (bicyclic) bond motifs is 2. The second-order valence-electron chi connectivity index (χ2n) is 8.52. The van der Waals surface area contributed by atoms with Crippen molar-refractivity contribution in [2.45, 2.75) is 76.1 Å². The Labute approximate surface area is 138 Å². The van der Waals surface area contributed by atoms with Crippen LogP contribution in [0.5, 0.6) is 0 Å². The van der Waals surface area contributed by atoms with E-state index in [4.69, 9.17) is 0 Å². The van der Waals surface area contributed by atoms with Gasteiger partial charge in [0.25, 0.3) is 0 Å². The van der Waals surface area contributed by atoms with Crippen molar-refractivity contribution in [1.29, 1.82) is 0 Å². The van der Waals surface area contributed by atoms with Gasteiger partial charge in [-0.2, -0.15) is 0 Å². The van der Waals surface area contributed by atoms with Gasteiger partial charge in [-0.05, 0) is 5.56 Å². The molecule has 0 atom stereocenters. The van der Waals surface area contributed by atoms with Crippen LogP contribution < -0.4 is 0 Å². The lowest BCUT2D eigenvalue weighted by atomic mass is 9.26. The smallest absolute Gasteiger partial charge is 0.0919 e. The molecule has 2 heterocycles. The second-order valence-corrected chi connectivity index (χ2v) is 13.6. The minimum absolute atomic E-state index is 0.984. The van der Waals surface area contributed by atoms with Crippen LogP contribution in [0.4, 0.5) is 0 Å². The maximum Gasteiger partial charge on any atom is 0.150 e. The van der Waals surface area contributed by atoms with Crippen molar-refractivity contribution in [1.82, 2.24) is 0 Å². The van der Waals surface area contributed by atoms with Crippen molar-refractivity contribution in [3.8, 4) is 0 Å². The van der Waals surface area contributed by atoms with Crippen LogP contribution >= 0.6 is 0 Å². The summed E-state index contributed by atoms with van der Waals surface area (Å²) >= 11 is 0. The van der Waals surface area contributed by atoms with Crippen LogP contribution in [0.3, 0.4) is 0 Å². The van der Waals surface area contributed by atoms with Crippen molar-refractivity contribution >= 4 is 20.0 Å². The van der Waals surface area contributed by atoms with E-state index in [0.29, 0.717) is 0 Å². The van der Waals surface area contributed by atoms with E-state index in [0.717, 1.165) is 18.3 Å².